The number of aryl methyl sites for hydroxylation is 1. The average Bonchev–Trinajstić information content (AvgIpc) is 2.96. The molecule has 0 radical (unpaired) electrons. The van der Waals surface area contributed by atoms with Gasteiger partial charge in [-0.1, -0.05) is 69.3 Å². The van der Waals surface area contributed by atoms with E-state index >= 15 is 0 Å². The first-order chi connectivity index (χ1) is 11.8. The number of benzene rings is 2. The van der Waals surface area contributed by atoms with Crippen molar-refractivity contribution in [3.63, 3.8) is 0 Å². The van der Waals surface area contributed by atoms with Gasteiger partial charge in [-0.3, -0.25) is 0 Å². The molecule has 0 unspecified atom stereocenters. The number of ketones is 1. The third-order valence-electron chi connectivity index (χ3n) is 4.85. The third-order valence-corrected chi connectivity index (χ3v) is 4.85. The molecule has 130 valence electrons. The van der Waals surface area contributed by atoms with Crippen LogP contribution in [0.2, 0.25) is 0 Å². The van der Waals surface area contributed by atoms with Gasteiger partial charge in [0.25, 0.3) is 0 Å². The van der Waals surface area contributed by atoms with Gasteiger partial charge in [-0.25, -0.2) is 0 Å². The highest BCUT2D eigenvalue weighted by Gasteiger charge is 2.24. The fourth-order valence-electron chi connectivity index (χ4n) is 3.44. The molecular formula is C23H26O2. The molecule has 0 amide bonds. The summed E-state index contributed by atoms with van der Waals surface area (Å²) in [4.78, 5) is 11.4. The van der Waals surface area contributed by atoms with Crippen molar-refractivity contribution in [2.45, 2.75) is 51.9 Å². The highest BCUT2D eigenvalue weighted by atomic mass is 16.3. The summed E-state index contributed by atoms with van der Waals surface area (Å²) in [5, 5.41) is 13.4. The van der Waals surface area contributed by atoms with Gasteiger partial charge < -0.3 is 9.90 Å². The lowest BCUT2D eigenvalue weighted by atomic mass is 9.81. The number of Topliss-reactive ketones (excluding diaryl/α,β-unsaturated/α-hetero) is 1. The van der Waals surface area contributed by atoms with E-state index in [-0.39, 0.29) is 17.1 Å². The number of phenols is 1. The zero-order valence-electron chi connectivity index (χ0n) is 15.5. The normalized spacial score (nSPS) is 13.9. The lowest BCUT2D eigenvalue weighted by Crippen LogP contribution is -2.19. The van der Waals surface area contributed by atoms with Gasteiger partial charge in [-0.2, -0.15) is 0 Å². The van der Waals surface area contributed by atoms with Crippen molar-refractivity contribution >= 4 is 17.9 Å². The third kappa shape index (κ3) is 3.68. The first-order valence-electron chi connectivity index (χ1n) is 8.90. The monoisotopic (exact) mass is 334 g/mol. The van der Waals surface area contributed by atoms with Crippen LogP contribution >= 0.6 is 0 Å². The Kier molecular flexibility index (Phi) is 4.55. The summed E-state index contributed by atoms with van der Waals surface area (Å²) >= 11 is 0. The van der Waals surface area contributed by atoms with E-state index < -0.39 is 0 Å². The molecule has 3 rings (SSSR count). The second kappa shape index (κ2) is 6.51. The van der Waals surface area contributed by atoms with E-state index in [1.807, 2.05) is 12.1 Å². The van der Waals surface area contributed by atoms with Crippen molar-refractivity contribution in [3.8, 4) is 5.75 Å². The average molecular weight is 334 g/mol. The first kappa shape index (κ1) is 17.5. The molecule has 1 N–H and O–H groups in total. The number of carbonyl (C=O) groups excluding carboxylic acids is 1. The Hall–Kier alpha value is -2.35. The molecule has 0 aromatic heterocycles. The number of fused-ring (bicyclic) bond motifs is 1. The number of rotatable bonds is 4. The number of carbonyl (C=O) groups is 1. The van der Waals surface area contributed by atoms with Crippen LogP contribution in [0.4, 0.5) is 0 Å². The van der Waals surface area contributed by atoms with Crippen molar-refractivity contribution in [1.29, 1.82) is 0 Å². The molecule has 0 heterocycles. The molecule has 0 saturated heterocycles. The van der Waals surface area contributed by atoms with Crippen LogP contribution in [0.15, 0.2) is 36.4 Å². The number of phenolic OH excluding ortho intramolecular Hbond substituents is 1. The molecule has 2 aromatic rings. The fourth-order valence-corrected chi connectivity index (χ4v) is 3.44. The highest BCUT2D eigenvalue weighted by molar-refractivity contribution is 5.75. The van der Waals surface area contributed by atoms with Gasteiger partial charge >= 0.3 is 0 Å². The van der Waals surface area contributed by atoms with Crippen molar-refractivity contribution < 1.29 is 9.90 Å². The van der Waals surface area contributed by atoms with E-state index in [1.165, 1.54) is 10.4 Å². The molecule has 1 aliphatic rings. The molecule has 0 saturated carbocycles. The summed E-state index contributed by atoms with van der Waals surface area (Å²) in [6.07, 6.45) is 5.65. The van der Waals surface area contributed by atoms with Crippen LogP contribution in [-0.2, 0) is 16.6 Å². The molecule has 2 aromatic carbocycles. The number of hydrogen-bond donors (Lipinski definition) is 1. The zero-order chi connectivity index (χ0) is 18.2. The Bertz CT molecular complexity index is 895. The minimum absolute atomic E-state index is 0.0655. The van der Waals surface area contributed by atoms with Crippen LogP contribution in [0.25, 0.3) is 12.2 Å². The van der Waals surface area contributed by atoms with Gasteiger partial charge in [-0.15, -0.1) is 0 Å². The summed E-state index contributed by atoms with van der Waals surface area (Å²) < 4.78 is 0. The van der Waals surface area contributed by atoms with E-state index in [1.54, 1.807) is 6.92 Å². The van der Waals surface area contributed by atoms with Crippen LogP contribution in [0.1, 0.15) is 56.7 Å². The Morgan fingerprint density at radius 3 is 2.20 bits per heavy atom. The van der Waals surface area contributed by atoms with E-state index in [9.17, 15) is 9.90 Å². The molecule has 0 bridgehead atoms. The van der Waals surface area contributed by atoms with E-state index in [0.29, 0.717) is 18.6 Å². The number of hydrogen-bond acceptors (Lipinski definition) is 2. The van der Waals surface area contributed by atoms with E-state index in [0.717, 1.165) is 16.7 Å². The lowest BCUT2D eigenvalue weighted by molar-refractivity contribution is -0.116. The minimum atomic E-state index is -0.156. The van der Waals surface area contributed by atoms with E-state index in [4.69, 9.17) is 0 Å². The van der Waals surface area contributed by atoms with Crippen molar-refractivity contribution in [3.05, 3.63) is 63.5 Å². The zero-order valence-corrected chi connectivity index (χ0v) is 15.5. The van der Waals surface area contributed by atoms with Gasteiger partial charge in [0.2, 0.25) is 0 Å². The maximum Gasteiger partial charge on any atom is 0.130 e. The summed E-state index contributed by atoms with van der Waals surface area (Å²) in [7, 11) is 0. The Morgan fingerprint density at radius 1 is 1.08 bits per heavy atom. The molecule has 0 aliphatic heterocycles. The highest BCUT2D eigenvalue weighted by Crippen LogP contribution is 2.39. The van der Waals surface area contributed by atoms with Crippen LogP contribution in [-0.4, -0.2) is 10.9 Å². The van der Waals surface area contributed by atoms with Crippen LogP contribution in [0.3, 0.4) is 0 Å². The molecule has 1 aliphatic carbocycles. The summed E-state index contributed by atoms with van der Waals surface area (Å²) in [6.45, 7) is 7.95. The SMILES string of the molecule is CC(=O)CCc1cc(C2C=c3ccccc3=C2)c(O)c(C(C)(C)C)c1. The standard InChI is InChI=1S/C23H26O2/c1-15(24)9-10-16-11-20(22(25)21(12-16)23(2,3)4)19-13-17-7-5-6-8-18(17)14-19/h5-8,11-14,19,25H,9-10H2,1-4H3. The fraction of sp³-hybridized carbons (Fsp3) is 0.348. The van der Waals surface area contributed by atoms with Gasteiger partial charge in [0.1, 0.15) is 11.5 Å². The molecule has 0 fully saturated rings. The van der Waals surface area contributed by atoms with Crippen molar-refractivity contribution in [2.75, 3.05) is 0 Å². The Balaban J connectivity index is 2.10. The van der Waals surface area contributed by atoms with Crippen LogP contribution in [0, 0.1) is 0 Å². The molecule has 0 spiro atoms. The topological polar surface area (TPSA) is 37.3 Å². The second-order valence-electron chi connectivity index (χ2n) is 8.02. The molecule has 25 heavy (non-hydrogen) atoms. The van der Waals surface area contributed by atoms with Gasteiger partial charge in [-0.05, 0) is 40.3 Å². The van der Waals surface area contributed by atoms with Gasteiger partial charge in [0.15, 0.2) is 0 Å². The summed E-state index contributed by atoms with van der Waals surface area (Å²) in [5.74, 6) is 0.637. The molecule has 2 heteroatoms. The summed E-state index contributed by atoms with van der Waals surface area (Å²) in [5.41, 5.74) is 2.84. The maximum absolute atomic E-state index is 11.4. The number of aromatic hydroxyl groups is 1. The molecule has 2 nitrogen and oxygen atoms in total. The molecular weight excluding hydrogens is 308 g/mol. The largest absolute Gasteiger partial charge is 0.507 e. The van der Waals surface area contributed by atoms with Gasteiger partial charge in [0, 0.05) is 17.9 Å². The van der Waals surface area contributed by atoms with Gasteiger partial charge in [0.05, 0.1) is 0 Å². The molecule has 0 atom stereocenters. The minimum Gasteiger partial charge on any atom is -0.507 e. The van der Waals surface area contributed by atoms with Crippen molar-refractivity contribution in [1.82, 2.24) is 0 Å². The van der Waals surface area contributed by atoms with Crippen LogP contribution in [0.5, 0.6) is 5.75 Å². The van der Waals surface area contributed by atoms with E-state index in [2.05, 4.69) is 57.2 Å². The smallest absolute Gasteiger partial charge is 0.130 e. The maximum atomic E-state index is 11.4. The quantitative estimate of drug-likeness (QED) is 0.928. The van der Waals surface area contributed by atoms with Crippen LogP contribution < -0.4 is 10.4 Å². The lowest BCUT2D eigenvalue weighted by Gasteiger charge is -2.24. The van der Waals surface area contributed by atoms with Crippen molar-refractivity contribution in [2.24, 2.45) is 0 Å². The summed E-state index contributed by atoms with van der Waals surface area (Å²) in [6, 6.07) is 12.4. The Morgan fingerprint density at radius 2 is 1.68 bits per heavy atom. The predicted molar refractivity (Wildman–Crippen MR) is 103 cm³/mol. The first-order valence-corrected chi connectivity index (χ1v) is 8.90. The predicted octanol–water partition coefficient (Wildman–Crippen LogP) is 3.57. The second-order valence-corrected chi connectivity index (χ2v) is 8.02. The Labute approximate surface area is 149 Å².